The summed E-state index contributed by atoms with van der Waals surface area (Å²) in [5.74, 6) is 0.996. The largest absolute Gasteiger partial charge is 0.490 e. The van der Waals surface area contributed by atoms with Gasteiger partial charge in [0.05, 0.1) is 12.7 Å². The predicted octanol–water partition coefficient (Wildman–Crippen LogP) is 3.13. The molecule has 1 saturated heterocycles. The maximum atomic E-state index is 10.2. The van der Waals surface area contributed by atoms with Crippen molar-refractivity contribution in [1.82, 2.24) is 0 Å². The Hall–Kier alpha value is -1.84. The van der Waals surface area contributed by atoms with Crippen molar-refractivity contribution in [3.8, 4) is 16.9 Å². The summed E-state index contributed by atoms with van der Waals surface area (Å²) < 4.78 is 11.2. The number of hydrogen-bond acceptors (Lipinski definition) is 3. The molecule has 1 heterocycles. The van der Waals surface area contributed by atoms with Gasteiger partial charge in [0.15, 0.2) is 0 Å². The van der Waals surface area contributed by atoms with Gasteiger partial charge in [0, 0.05) is 18.1 Å². The van der Waals surface area contributed by atoms with Crippen molar-refractivity contribution in [3.63, 3.8) is 0 Å². The highest BCUT2D eigenvalue weighted by molar-refractivity contribution is 5.70. The fourth-order valence-corrected chi connectivity index (χ4v) is 2.62. The van der Waals surface area contributed by atoms with Gasteiger partial charge in [0.25, 0.3) is 0 Å². The molecule has 1 aliphatic heterocycles. The standard InChI is InChI=1S/C18H20O3/c19-17(15-10-11-20-12-15)13-21-18-9-5-4-8-16(18)14-6-2-1-3-7-14/h1-9,15,17,19H,10-13H2. The minimum Gasteiger partial charge on any atom is -0.490 e. The predicted molar refractivity (Wildman–Crippen MR) is 82.3 cm³/mol. The van der Waals surface area contributed by atoms with Gasteiger partial charge in [0.1, 0.15) is 12.4 Å². The number of rotatable bonds is 5. The van der Waals surface area contributed by atoms with Crippen LogP contribution in [-0.4, -0.2) is 31.0 Å². The van der Waals surface area contributed by atoms with Crippen LogP contribution in [0.1, 0.15) is 6.42 Å². The van der Waals surface area contributed by atoms with E-state index < -0.39 is 6.10 Å². The first-order valence-corrected chi connectivity index (χ1v) is 7.37. The first-order valence-electron chi connectivity index (χ1n) is 7.37. The van der Waals surface area contributed by atoms with E-state index in [-0.39, 0.29) is 5.92 Å². The highest BCUT2D eigenvalue weighted by Crippen LogP contribution is 2.30. The van der Waals surface area contributed by atoms with Crippen LogP contribution in [0.3, 0.4) is 0 Å². The summed E-state index contributed by atoms with van der Waals surface area (Å²) in [7, 11) is 0. The van der Waals surface area contributed by atoms with E-state index in [1.807, 2.05) is 42.5 Å². The topological polar surface area (TPSA) is 38.7 Å². The lowest BCUT2D eigenvalue weighted by molar-refractivity contribution is 0.0501. The summed E-state index contributed by atoms with van der Waals surface area (Å²) in [4.78, 5) is 0. The molecular formula is C18H20O3. The Morgan fingerprint density at radius 1 is 1.10 bits per heavy atom. The molecule has 0 radical (unpaired) electrons. The smallest absolute Gasteiger partial charge is 0.127 e. The zero-order valence-electron chi connectivity index (χ0n) is 11.9. The number of hydrogen-bond donors (Lipinski definition) is 1. The quantitative estimate of drug-likeness (QED) is 0.916. The molecule has 3 rings (SSSR count). The third-order valence-corrected chi connectivity index (χ3v) is 3.89. The molecule has 0 amide bonds. The molecule has 0 aromatic heterocycles. The van der Waals surface area contributed by atoms with Gasteiger partial charge >= 0.3 is 0 Å². The second kappa shape index (κ2) is 6.74. The van der Waals surface area contributed by atoms with Gasteiger partial charge in [-0.25, -0.2) is 0 Å². The maximum Gasteiger partial charge on any atom is 0.127 e. The van der Waals surface area contributed by atoms with Crippen molar-refractivity contribution in [1.29, 1.82) is 0 Å². The number of aliphatic hydroxyl groups excluding tert-OH is 1. The summed E-state index contributed by atoms with van der Waals surface area (Å²) in [5, 5.41) is 10.2. The van der Waals surface area contributed by atoms with E-state index in [0.29, 0.717) is 13.2 Å². The zero-order valence-corrected chi connectivity index (χ0v) is 11.9. The molecule has 1 N–H and O–H groups in total. The van der Waals surface area contributed by atoms with E-state index >= 15 is 0 Å². The van der Waals surface area contributed by atoms with Gasteiger partial charge in [-0.05, 0) is 18.1 Å². The first-order chi connectivity index (χ1) is 10.3. The molecule has 110 valence electrons. The van der Waals surface area contributed by atoms with Crippen LogP contribution in [0.5, 0.6) is 5.75 Å². The van der Waals surface area contributed by atoms with E-state index in [4.69, 9.17) is 9.47 Å². The lowest BCUT2D eigenvalue weighted by Gasteiger charge is -2.18. The molecule has 1 fully saturated rings. The summed E-state index contributed by atoms with van der Waals surface area (Å²) in [6, 6.07) is 18.1. The third kappa shape index (κ3) is 3.43. The third-order valence-electron chi connectivity index (χ3n) is 3.89. The van der Waals surface area contributed by atoms with Crippen LogP contribution in [-0.2, 0) is 4.74 Å². The summed E-state index contributed by atoms with van der Waals surface area (Å²) in [6.07, 6.45) is 0.432. The Labute approximate surface area is 125 Å². The molecule has 0 saturated carbocycles. The molecule has 2 aromatic rings. The van der Waals surface area contributed by atoms with Crippen molar-refractivity contribution >= 4 is 0 Å². The number of benzene rings is 2. The Morgan fingerprint density at radius 3 is 2.62 bits per heavy atom. The monoisotopic (exact) mass is 284 g/mol. The zero-order chi connectivity index (χ0) is 14.5. The molecule has 21 heavy (non-hydrogen) atoms. The van der Waals surface area contributed by atoms with Crippen LogP contribution in [0.4, 0.5) is 0 Å². The fourth-order valence-electron chi connectivity index (χ4n) is 2.62. The van der Waals surface area contributed by atoms with Crippen LogP contribution in [0.15, 0.2) is 54.6 Å². The van der Waals surface area contributed by atoms with E-state index in [0.717, 1.165) is 29.9 Å². The molecule has 2 aromatic carbocycles. The molecule has 3 nitrogen and oxygen atoms in total. The molecule has 0 bridgehead atoms. The first kappa shape index (κ1) is 14.1. The molecule has 0 spiro atoms. The second-order valence-corrected chi connectivity index (χ2v) is 5.36. The van der Waals surface area contributed by atoms with Gasteiger partial charge in [-0.15, -0.1) is 0 Å². The Bertz CT molecular complexity index is 562. The minimum absolute atomic E-state index is 0.189. The van der Waals surface area contributed by atoms with Crippen LogP contribution >= 0.6 is 0 Å². The van der Waals surface area contributed by atoms with Crippen LogP contribution in [0.25, 0.3) is 11.1 Å². The Balaban J connectivity index is 1.71. The number of para-hydroxylation sites is 1. The molecule has 0 aliphatic carbocycles. The van der Waals surface area contributed by atoms with Gasteiger partial charge in [-0.1, -0.05) is 48.5 Å². The average molecular weight is 284 g/mol. The lowest BCUT2D eigenvalue weighted by atomic mass is 10.0. The van der Waals surface area contributed by atoms with Crippen LogP contribution < -0.4 is 4.74 Å². The van der Waals surface area contributed by atoms with Crippen molar-refractivity contribution in [3.05, 3.63) is 54.6 Å². The van der Waals surface area contributed by atoms with Gasteiger partial charge in [-0.3, -0.25) is 0 Å². The highest BCUT2D eigenvalue weighted by atomic mass is 16.5. The van der Waals surface area contributed by atoms with Gasteiger partial charge < -0.3 is 14.6 Å². The normalized spacial score (nSPS) is 19.4. The molecule has 2 atom stereocenters. The summed E-state index contributed by atoms with van der Waals surface area (Å²) in [6.45, 7) is 1.67. The number of ether oxygens (including phenoxy) is 2. The summed E-state index contributed by atoms with van der Waals surface area (Å²) in [5.41, 5.74) is 2.17. The van der Waals surface area contributed by atoms with E-state index in [2.05, 4.69) is 12.1 Å². The van der Waals surface area contributed by atoms with Gasteiger partial charge in [-0.2, -0.15) is 0 Å². The Morgan fingerprint density at radius 2 is 1.86 bits per heavy atom. The van der Waals surface area contributed by atoms with Crippen molar-refractivity contribution in [2.45, 2.75) is 12.5 Å². The van der Waals surface area contributed by atoms with E-state index in [9.17, 15) is 5.11 Å². The molecule has 3 heteroatoms. The highest BCUT2D eigenvalue weighted by Gasteiger charge is 2.24. The Kier molecular flexibility index (Phi) is 4.53. The summed E-state index contributed by atoms with van der Waals surface area (Å²) >= 11 is 0. The van der Waals surface area contributed by atoms with Crippen LogP contribution in [0, 0.1) is 5.92 Å². The average Bonchev–Trinajstić information content (AvgIpc) is 3.08. The molecule has 2 unspecified atom stereocenters. The maximum absolute atomic E-state index is 10.2. The van der Waals surface area contributed by atoms with Crippen molar-refractivity contribution in [2.75, 3.05) is 19.8 Å². The van der Waals surface area contributed by atoms with Gasteiger partial charge in [0.2, 0.25) is 0 Å². The van der Waals surface area contributed by atoms with Crippen molar-refractivity contribution in [2.24, 2.45) is 5.92 Å². The SMILES string of the molecule is OC(COc1ccccc1-c1ccccc1)C1CCOC1. The lowest BCUT2D eigenvalue weighted by Crippen LogP contribution is -2.27. The minimum atomic E-state index is -0.476. The number of aliphatic hydroxyl groups is 1. The fraction of sp³-hybridized carbons (Fsp3) is 0.333. The molecule has 1 aliphatic rings. The second-order valence-electron chi connectivity index (χ2n) is 5.36. The molecular weight excluding hydrogens is 264 g/mol. The van der Waals surface area contributed by atoms with E-state index in [1.165, 1.54) is 0 Å². The van der Waals surface area contributed by atoms with Crippen LogP contribution in [0.2, 0.25) is 0 Å². The van der Waals surface area contributed by atoms with Crippen molar-refractivity contribution < 1.29 is 14.6 Å². The van der Waals surface area contributed by atoms with E-state index in [1.54, 1.807) is 0 Å².